The van der Waals surface area contributed by atoms with E-state index in [1.54, 1.807) is 20.2 Å². The lowest BCUT2D eigenvalue weighted by Gasteiger charge is -2.24. The molecule has 104 valence electrons. The van der Waals surface area contributed by atoms with Crippen molar-refractivity contribution in [3.63, 3.8) is 0 Å². The second kappa shape index (κ2) is 6.03. The number of nitrogen functional groups attached to an aromatic ring is 1. The fourth-order valence-corrected chi connectivity index (χ4v) is 1.60. The van der Waals surface area contributed by atoms with E-state index in [0.29, 0.717) is 12.2 Å². The first kappa shape index (κ1) is 14.7. The standard InChI is InChI=1S/C12H18N4O3/c1-4-15(8-12(17)14(2)3)9-5-6-11(16(18)19)10(13)7-9/h5-7H,4,8,13H2,1-3H3. The molecule has 0 radical (unpaired) electrons. The lowest BCUT2D eigenvalue weighted by Crippen LogP contribution is -2.36. The molecular weight excluding hydrogens is 248 g/mol. The summed E-state index contributed by atoms with van der Waals surface area (Å²) in [6.45, 7) is 2.72. The van der Waals surface area contributed by atoms with Gasteiger partial charge >= 0.3 is 0 Å². The van der Waals surface area contributed by atoms with Crippen LogP contribution in [0, 0.1) is 10.1 Å². The highest BCUT2D eigenvalue weighted by atomic mass is 16.6. The molecule has 0 aliphatic rings. The van der Waals surface area contributed by atoms with Crippen LogP contribution in [-0.2, 0) is 4.79 Å². The maximum Gasteiger partial charge on any atom is 0.292 e. The molecular formula is C12H18N4O3. The third-order valence-electron chi connectivity index (χ3n) is 2.78. The maximum absolute atomic E-state index is 11.7. The highest BCUT2D eigenvalue weighted by Gasteiger charge is 2.16. The van der Waals surface area contributed by atoms with E-state index in [9.17, 15) is 14.9 Å². The van der Waals surface area contributed by atoms with E-state index in [1.165, 1.54) is 17.0 Å². The maximum atomic E-state index is 11.7. The summed E-state index contributed by atoms with van der Waals surface area (Å²) in [5.41, 5.74) is 6.31. The smallest absolute Gasteiger partial charge is 0.292 e. The zero-order chi connectivity index (χ0) is 14.6. The topological polar surface area (TPSA) is 92.7 Å². The number of likely N-dealkylation sites (N-methyl/N-ethyl adjacent to an activating group) is 2. The van der Waals surface area contributed by atoms with Gasteiger partial charge in [-0.15, -0.1) is 0 Å². The molecule has 7 heteroatoms. The number of hydrogen-bond acceptors (Lipinski definition) is 5. The van der Waals surface area contributed by atoms with Gasteiger partial charge in [-0.05, 0) is 19.1 Å². The molecule has 0 aliphatic carbocycles. The van der Waals surface area contributed by atoms with Crippen molar-refractivity contribution in [2.45, 2.75) is 6.92 Å². The highest BCUT2D eigenvalue weighted by molar-refractivity contribution is 5.81. The van der Waals surface area contributed by atoms with Crippen LogP contribution in [0.2, 0.25) is 0 Å². The second-order valence-corrected chi connectivity index (χ2v) is 4.30. The number of nitrogens with two attached hydrogens (primary N) is 1. The van der Waals surface area contributed by atoms with E-state index in [-0.39, 0.29) is 23.8 Å². The Morgan fingerprint density at radius 3 is 2.47 bits per heavy atom. The zero-order valence-corrected chi connectivity index (χ0v) is 11.3. The largest absolute Gasteiger partial charge is 0.393 e. The molecule has 1 rings (SSSR count). The number of anilines is 2. The van der Waals surface area contributed by atoms with Crippen LogP contribution in [0.1, 0.15) is 6.92 Å². The van der Waals surface area contributed by atoms with Gasteiger partial charge in [0, 0.05) is 32.4 Å². The van der Waals surface area contributed by atoms with Gasteiger partial charge in [0.2, 0.25) is 5.91 Å². The summed E-state index contributed by atoms with van der Waals surface area (Å²) >= 11 is 0. The molecule has 0 saturated carbocycles. The molecule has 19 heavy (non-hydrogen) atoms. The van der Waals surface area contributed by atoms with Crippen molar-refractivity contribution in [3.8, 4) is 0 Å². The molecule has 1 aromatic rings. The van der Waals surface area contributed by atoms with Crippen molar-refractivity contribution in [1.82, 2.24) is 4.90 Å². The quantitative estimate of drug-likeness (QED) is 0.489. The van der Waals surface area contributed by atoms with E-state index in [0.717, 1.165) is 0 Å². The predicted octanol–water partition coefficient (Wildman–Crippen LogP) is 1.09. The van der Waals surface area contributed by atoms with Crippen molar-refractivity contribution in [2.24, 2.45) is 0 Å². The van der Waals surface area contributed by atoms with E-state index in [2.05, 4.69) is 0 Å². The zero-order valence-electron chi connectivity index (χ0n) is 11.3. The Kier molecular flexibility index (Phi) is 4.68. The van der Waals surface area contributed by atoms with Gasteiger partial charge < -0.3 is 15.5 Å². The molecule has 0 spiro atoms. The Hall–Kier alpha value is -2.31. The Balaban J connectivity index is 2.97. The minimum atomic E-state index is -0.527. The number of nitro benzene ring substituents is 1. The molecule has 0 aliphatic heterocycles. The van der Waals surface area contributed by atoms with Gasteiger partial charge in [0.05, 0.1) is 11.5 Å². The van der Waals surface area contributed by atoms with Crippen LogP contribution in [0.5, 0.6) is 0 Å². The molecule has 0 unspecified atom stereocenters. The van der Waals surface area contributed by atoms with Gasteiger partial charge in [-0.25, -0.2) is 0 Å². The summed E-state index contributed by atoms with van der Waals surface area (Å²) in [5, 5.41) is 10.7. The summed E-state index contributed by atoms with van der Waals surface area (Å²) in [6.07, 6.45) is 0. The molecule has 1 aromatic carbocycles. The van der Waals surface area contributed by atoms with Crippen LogP contribution in [-0.4, -0.2) is 42.9 Å². The average molecular weight is 266 g/mol. The number of amides is 1. The van der Waals surface area contributed by atoms with Gasteiger partial charge in [-0.3, -0.25) is 14.9 Å². The van der Waals surface area contributed by atoms with Gasteiger partial charge in [0.25, 0.3) is 5.69 Å². The Bertz CT molecular complexity index is 488. The predicted molar refractivity (Wildman–Crippen MR) is 74.1 cm³/mol. The van der Waals surface area contributed by atoms with Gasteiger partial charge in [0.1, 0.15) is 5.69 Å². The summed E-state index contributed by atoms with van der Waals surface area (Å²) in [4.78, 5) is 25.2. The molecule has 0 fully saturated rings. The van der Waals surface area contributed by atoms with Gasteiger partial charge in [-0.1, -0.05) is 0 Å². The van der Waals surface area contributed by atoms with Crippen LogP contribution in [0.3, 0.4) is 0 Å². The number of nitro groups is 1. The van der Waals surface area contributed by atoms with E-state index < -0.39 is 4.92 Å². The minimum Gasteiger partial charge on any atom is -0.393 e. The fourth-order valence-electron chi connectivity index (χ4n) is 1.60. The van der Waals surface area contributed by atoms with Crippen molar-refractivity contribution >= 4 is 23.0 Å². The fraction of sp³-hybridized carbons (Fsp3) is 0.417. The van der Waals surface area contributed by atoms with Crippen LogP contribution < -0.4 is 10.6 Å². The van der Waals surface area contributed by atoms with Crippen LogP contribution in [0.15, 0.2) is 18.2 Å². The monoisotopic (exact) mass is 266 g/mol. The summed E-state index contributed by atoms with van der Waals surface area (Å²) in [7, 11) is 3.36. The molecule has 7 nitrogen and oxygen atoms in total. The number of hydrogen-bond donors (Lipinski definition) is 1. The molecule has 2 N–H and O–H groups in total. The lowest BCUT2D eigenvalue weighted by atomic mass is 10.2. The van der Waals surface area contributed by atoms with E-state index in [1.807, 2.05) is 11.8 Å². The lowest BCUT2D eigenvalue weighted by molar-refractivity contribution is -0.383. The minimum absolute atomic E-state index is 0.0428. The molecule has 0 bridgehead atoms. The van der Waals surface area contributed by atoms with Crippen molar-refractivity contribution in [3.05, 3.63) is 28.3 Å². The van der Waals surface area contributed by atoms with Crippen LogP contribution in [0.4, 0.5) is 17.1 Å². The summed E-state index contributed by atoms with van der Waals surface area (Å²) in [5.74, 6) is -0.0428. The SMILES string of the molecule is CCN(CC(=O)N(C)C)c1ccc([N+](=O)[O-])c(N)c1. The number of nitrogens with zero attached hydrogens (tertiary/aromatic N) is 3. The van der Waals surface area contributed by atoms with Crippen molar-refractivity contribution < 1.29 is 9.72 Å². The van der Waals surface area contributed by atoms with Gasteiger partial charge in [0.15, 0.2) is 0 Å². The van der Waals surface area contributed by atoms with Crippen molar-refractivity contribution in [2.75, 3.05) is 37.8 Å². The molecule has 0 atom stereocenters. The number of carbonyl (C=O) groups is 1. The molecule has 0 aromatic heterocycles. The van der Waals surface area contributed by atoms with Crippen LogP contribution >= 0.6 is 0 Å². The summed E-state index contributed by atoms with van der Waals surface area (Å²) in [6, 6.07) is 4.47. The molecule has 0 saturated heterocycles. The highest BCUT2D eigenvalue weighted by Crippen LogP contribution is 2.26. The third-order valence-corrected chi connectivity index (χ3v) is 2.78. The Labute approximate surface area is 111 Å². The normalized spacial score (nSPS) is 10.1. The number of carbonyl (C=O) groups excluding carboxylic acids is 1. The van der Waals surface area contributed by atoms with E-state index in [4.69, 9.17) is 5.73 Å². The Morgan fingerprint density at radius 1 is 1.42 bits per heavy atom. The van der Waals surface area contributed by atoms with Crippen molar-refractivity contribution in [1.29, 1.82) is 0 Å². The number of rotatable bonds is 5. The Morgan fingerprint density at radius 2 is 2.05 bits per heavy atom. The average Bonchev–Trinajstić information content (AvgIpc) is 2.34. The van der Waals surface area contributed by atoms with Gasteiger partial charge in [-0.2, -0.15) is 0 Å². The third kappa shape index (κ3) is 3.57. The number of benzene rings is 1. The second-order valence-electron chi connectivity index (χ2n) is 4.30. The first-order valence-corrected chi connectivity index (χ1v) is 5.85. The molecule has 0 heterocycles. The van der Waals surface area contributed by atoms with Crippen LogP contribution in [0.25, 0.3) is 0 Å². The summed E-state index contributed by atoms with van der Waals surface area (Å²) < 4.78 is 0. The molecule has 1 amide bonds. The first-order valence-electron chi connectivity index (χ1n) is 5.85. The van der Waals surface area contributed by atoms with E-state index >= 15 is 0 Å². The first-order chi connectivity index (χ1) is 8.86.